The summed E-state index contributed by atoms with van der Waals surface area (Å²) in [6.07, 6.45) is -3.05. The third-order valence-corrected chi connectivity index (χ3v) is 6.45. The van der Waals surface area contributed by atoms with Crippen molar-refractivity contribution in [1.29, 1.82) is 0 Å². The van der Waals surface area contributed by atoms with E-state index in [1.54, 1.807) is 10.3 Å². The zero-order chi connectivity index (χ0) is 24.1. The predicted molar refractivity (Wildman–Crippen MR) is 123 cm³/mol. The summed E-state index contributed by atoms with van der Waals surface area (Å²) in [6.45, 7) is 5.18. The number of alkyl halides is 3. The quantitative estimate of drug-likeness (QED) is 0.530. The normalized spacial score (nSPS) is 17.6. The predicted octanol–water partition coefficient (Wildman–Crippen LogP) is 3.09. The van der Waals surface area contributed by atoms with Gasteiger partial charge in [-0.1, -0.05) is 0 Å². The van der Waals surface area contributed by atoms with Gasteiger partial charge in [-0.25, -0.2) is 14.8 Å². The van der Waals surface area contributed by atoms with Crippen molar-refractivity contribution >= 4 is 40.1 Å². The van der Waals surface area contributed by atoms with Gasteiger partial charge in [0, 0.05) is 57.4 Å². The Kier molecular flexibility index (Phi) is 7.56. The van der Waals surface area contributed by atoms with E-state index in [4.69, 9.17) is 4.74 Å². The van der Waals surface area contributed by atoms with Gasteiger partial charge in [-0.3, -0.25) is 0 Å². The maximum Gasteiger partial charge on any atom is 0.421 e. The third kappa shape index (κ3) is 6.17. The van der Waals surface area contributed by atoms with E-state index < -0.39 is 17.8 Å². The van der Waals surface area contributed by atoms with Crippen LogP contribution in [0.5, 0.6) is 0 Å². The Morgan fingerprint density at radius 3 is 2.71 bits per heavy atom. The summed E-state index contributed by atoms with van der Waals surface area (Å²) in [5, 5.41) is 8.28. The number of cyclic esters (lactones) is 1. The highest BCUT2D eigenvalue weighted by atomic mass is 32.1. The van der Waals surface area contributed by atoms with Gasteiger partial charge in [-0.2, -0.15) is 18.2 Å². The standard InChI is InChI=1S/C20H27F3N8O2S/c1-29-7-9-30(10-8-29)18-27-15(13-34-18)26-17-25-12-14(20(21,22)23)16(28-17)24-4-2-5-31-6-3-11-33-19(31)32/h12-13H,2-11H2,1H3,(H2,24,25,26,28). The van der Waals surface area contributed by atoms with Crippen LogP contribution in [0.25, 0.3) is 0 Å². The fourth-order valence-electron chi connectivity index (χ4n) is 3.64. The number of likely N-dealkylation sites (N-methyl/N-ethyl adjacent to an activating group) is 1. The number of piperazine rings is 1. The van der Waals surface area contributed by atoms with E-state index in [-0.39, 0.29) is 18.3 Å². The molecule has 0 saturated carbocycles. The number of ether oxygens (including phenoxy) is 1. The largest absolute Gasteiger partial charge is 0.449 e. The summed E-state index contributed by atoms with van der Waals surface area (Å²) in [5.41, 5.74) is -0.952. The van der Waals surface area contributed by atoms with Crippen molar-refractivity contribution in [1.82, 2.24) is 24.8 Å². The van der Waals surface area contributed by atoms with Crippen LogP contribution in [0, 0.1) is 0 Å². The van der Waals surface area contributed by atoms with Crippen LogP contribution in [0.3, 0.4) is 0 Å². The number of halogens is 3. The Labute approximate surface area is 199 Å². The maximum atomic E-state index is 13.5. The van der Waals surface area contributed by atoms with Crippen LogP contribution in [0.15, 0.2) is 11.6 Å². The summed E-state index contributed by atoms with van der Waals surface area (Å²) >= 11 is 1.46. The number of aromatic nitrogens is 3. The van der Waals surface area contributed by atoms with Gasteiger partial charge in [0.1, 0.15) is 17.2 Å². The van der Waals surface area contributed by atoms with E-state index >= 15 is 0 Å². The molecule has 34 heavy (non-hydrogen) atoms. The molecule has 14 heteroatoms. The smallest absolute Gasteiger partial charge is 0.421 e. The molecular weight excluding hydrogens is 473 g/mol. The minimum Gasteiger partial charge on any atom is -0.449 e. The fraction of sp³-hybridized carbons (Fsp3) is 0.600. The molecule has 4 rings (SSSR count). The molecule has 0 atom stereocenters. The maximum absolute atomic E-state index is 13.5. The van der Waals surface area contributed by atoms with Crippen molar-refractivity contribution in [3.8, 4) is 0 Å². The first-order chi connectivity index (χ1) is 16.3. The van der Waals surface area contributed by atoms with Crippen molar-refractivity contribution in [3.63, 3.8) is 0 Å². The first-order valence-corrected chi connectivity index (χ1v) is 11.9. The zero-order valence-electron chi connectivity index (χ0n) is 18.8. The summed E-state index contributed by atoms with van der Waals surface area (Å²) in [5.74, 6) is 0.180. The average Bonchev–Trinajstić information content (AvgIpc) is 3.26. The molecule has 1 amide bonds. The molecule has 2 saturated heterocycles. The molecule has 0 spiro atoms. The minimum atomic E-state index is -4.60. The molecular formula is C20H27F3N8O2S. The lowest BCUT2D eigenvalue weighted by Crippen LogP contribution is -2.44. The number of carbonyl (C=O) groups excluding carboxylic acids is 1. The van der Waals surface area contributed by atoms with Crippen molar-refractivity contribution in [2.75, 3.05) is 75.0 Å². The first kappa shape index (κ1) is 24.3. The molecule has 0 aliphatic carbocycles. The second kappa shape index (κ2) is 10.6. The van der Waals surface area contributed by atoms with Gasteiger partial charge in [0.15, 0.2) is 5.13 Å². The van der Waals surface area contributed by atoms with Crippen molar-refractivity contribution in [2.45, 2.75) is 19.0 Å². The van der Waals surface area contributed by atoms with Crippen molar-refractivity contribution in [2.24, 2.45) is 0 Å². The monoisotopic (exact) mass is 500 g/mol. The van der Waals surface area contributed by atoms with E-state index in [9.17, 15) is 18.0 Å². The molecule has 2 aliphatic heterocycles. The van der Waals surface area contributed by atoms with Crippen molar-refractivity contribution < 1.29 is 22.7 Å². The Morgan fingerprint density at radius 2 is 1.97 bits per heavy atom. The lowest BCUT2D eigenvalue weighted by atomic mass is 10.3. The highest BCUT2D eigenvalue weighted by molar-refractivity contribution is 7.14. The number of anilines is 4. The molecule has 4 heterocycles. The van der Waals surface area contributed by atoms with Crippen LogP contribution in [-0.4, -0.2) is 90.3 Å². The molecule has 2 aromatic rings. The number of hydrogen-bond donors (Lipinski definition) is 2. The fourth-order valence-corrected chi connectivity index (χ4v) is 4.45. The Hall–Kier alpha value is -2.87. The number of nitrogens with one attached hydrogen (secondary N) is 2. The first-order valence-electron chi connectivity index (χ1n) is 11.1. The van der Waals surface area contributed by atoms with E-state index in [0.29, 0.717) is 31.9 Å². The van der Waals surface area contributed by atoms with Gasteiger partial charge in [0.05, 0.1) is 6.61 Å². The minimum absolute atomic E-state index is 0.0188. The molecule has 2 fully saturated rings. The molecule has 0 radical (unpaired) electrons. The molecule has 10 nitrogen and oxygen atoms in total. The van der Waals surface area contributed by atoms with Crippen molar-refractivity contribution in [3.05, 3.63) is 17.1 Å². The number of carbonyl (C=O) groups is 1. The third-order valence-electron chi connectivity index (χ3n) is 5.55. The summed E-state index contributed by atoms with van der Waals surface area (Å²) in [6, 6.07) is 0. The number of amides is 1. The summed E-state index contributed by atoms with van der Waals surface area (Å²) < 4.78 is 45.4. The lowest BCUT2D eigenvalue weighted by molar-refractivity contribution is -0.137. The van der Waals surface area contributed by atoms with E-state index in [1.807, 2.05) is 0 Å². The van der Waals surface area contributed by atoms with Crippen LogP contribution in [-0.2, 0) is 10.9 Å². The number of hydrogen-bond acceptors (Lipinski definition) is 10. The highest BCUT2D eigenvalue weighted by Gasteiger charge is 2.35. The summed E-state index contributed by atoms with van der Waals surface area (Å²) in [4.78, 5) is 30.1. The van der Waals surface area contributed by atoms with Crippen LogP contribution < -0.4 is 15.5 Å². The van der Waals surface area contributed by atoms with Gasteiger partial charge in [-0.15, -0.1) is 11.3 Å². The van der Waals surface area contributed by atoms with E-state index in [1.165, 1.54) is 11.3 Å². The van der Waals surface area contributed by atoms with Gasteiger partial charge < -0.3 is 30.1 Å². The molecule has 186 valence electrons. The van der Waals surface area contributed by atoms with Crippen LogP contribution in [0.1, 0.15) is 18.4 Å². The topological polar surface area (TPSA) is 98.8 Å². The number of nitrogens with zero attached hydrogens (tertiary/aromatic N) is 6. The van der Waals surface area contributed by atoms with Gasteiger partial charge >= 0.3 is 12.3 Å². The molecule has 0 aromatic carbocycles. The summed E-state index contributed by atoms with van der Waals surface area (Å²) in [7, 11) is 2.07. The van der Waals surface area contributed by atoms with Crippen LogP contribution in [0.4, 0.5) is 40.7 Å². The van der Waals surface area contributed by atoms with Crippen LogP contribution >= 0.6 is 11.3 Å². The zero-order valence-corrected chi connectivity index (χ0v) is 19.6. The number of thiazole rings is 1. The van der Waals surface area contributed by atoms with Crippen LogP contribution in [0.2, 0.25) is 0 Å². The molecule has 2 N–H and O–H groups in total. The highest BCUT2D eigenvalue weighted by Crippen LogP contribution is 2.34. The van der Waals surface area contributed by atoms with E-state index in [0.717, 1.165) is 43.9 Å². The lowest BCUT2D eigenvalue weighted by Gasteiger charge is -2.32. The average molecular weight is 501 g/mol. The second-order valence-electron chi connectivity index (χ2n) is 8.12. The van der Waals surface area contributed by atoms with Gasteiger partial charge in [0.2, 0.25) is 5.95 Å². The van der Waals surface area contributed by atoms with Gasteiger partial charge in [-0.05, 0) is 19.9 Å². The Bertz CT molecular complexity index is 981. The SMILES string of the molecule is CN1CCN(c2nc(Nc3ncc(C(F)(F)F)c(NCCCN4CCCOC4=O)n3)cs2)CC1. The Morgan fingerprint density at radius 1 is 1.18 bits per heavy atom. The second-order valence-corrected chi connectivity index (χ2v) is 8.96. The van der Waals surface area contributed by atoms with Gasteiger partial charge in [0.25, 0.3) is 0 Å². The number of rotatable bonds is 8. The molecule has 0 unspecified atom stereocenters. The molecule has 0 bridgehead atoms. The Balaban J connectivity index is 1.38. The molecule has 2 aromatic heterocycles. The van der Waals surface area contributed by atoms with E-state index in [2.05, 4.69) is 42.4 Å². The molecule has 2 aliphatic rings.